The van der Waals surface area contributed by atoms with Crippen LogP contribution in [0.15, 0.2) is 72.3 Å². The molecule has 0 spiro atoms. The first kappa shape index (κ1) is 21.9. The standard InChI is InChI=1S/C25H21ClN2O3/c1-17-3-10-22(11-4-17)28-25(29)20(15-27)13-19-7-12-23(30-2)14-24(19)31-16-18-5-8-21(26)9-6-18/h3-14H,16H2,1-2H3,(H,28,29)/b20-13+. The van der Waals surface area contributed by atoms with Crippen molar-refractivity contribution in [1.82, 2.24) is 0 Å². The fraction of sp³-hybridized carbons (Fsp3) is 0.120. The number of nitriles is 1. The predicted octanol–water partition coefficient (Wildman–Crippen LogP) is 5.78. The van der Waals surface area contributed by atoms with Crippen molar-refractivity contribution in [3.63, 3.8) is 0 Å². The van der Waals surface area contributed by atoms with Gasteiger partial charge in [-0.3, -0.25) is 4.79 Å². The van der Waals surface area contributed by atoms with E-state index in [4.69, 9.17) is 21.1 Å². The lowest BCUT2D eigenvalue weighted by Crippen LogP contribution is -2.13. The lowest BCUT2D eigenvalue weighted by atomic mass is 10.1. The number of nitrogens with zero attached hydrogens (tertiary/aromatic N) is 1. The second kappa shape index (κ2) is 10.3. The maximum absolute atomic E-state index is 12.6. The summed E-state index contributed by atoms with van der Waals surface area (Å²) in [6.45, 7) is 2.25. The quantitative estimate of drug-likeness (QED) is 0.379. The number of ether oxygens (including phenoxy) is 2. The van der Waals surface area contributed by atoms with Crippen molar-refractivity contribution in [1.29, 1.82) is 5.26 Å². The first-order chi connectivity index (χ1) is 15.0. The molecule has 0 heterocycles. The maximum atomic E-state index is 12.6. The number of halogens is 1. The van der Waals surface area contributed by atoms with Crippen molar-refractivity contribution in [2.24, 2.45) is 0 Å². The normalized spacial score (nSPS) is 10.8. The third-order valence-corrected chi connectivity index (χ3v) is 4.75. The summed E-state index contributed by atoms with van der Waals surface area (Å²) in [7, 11) is 1.56. The van der Waals surface area contributed by atoms with Crippen molar-refractivity contribution in [2.75, 3.05) is 12.4 Å². The van der Waals surface area contributed by atoms with Crippen LogP contribution in [0.1, 0.15) is 16.7 Å². The zero-order chi connectivity index (χ0) is 22.2. The van der Waals surface area contributed by atoms with E-state index in [0.717, 1.165) is 11.1 Å². The van der Waals surface area contributed by atoms with Crippen LogP contribution >= 0.6 is 11.6 Å². The minimum atomic E-state index is -0.495. The van der Waals surface area contributed by atoms with Gasteiger partial charge >= 0.3 is 0 Å². The van der Waals surface area contributed by atoms with Gasteiger partial charge in [-0.2, -0.15) is 5.26 Å². The molecule has 6 heteroatoms. The molecule has 0 saturated carbocycles. The van der Waals surface area contributed by atoms with E-state index in [-0.39, 0.29) is 5.57 Å². The van der Waals surface area contributed by atoms with Gasteiger partial charge in [-0.25, -0.2) is 0 Å². The highest BCUT2D eigenvalue weighted by Crippen LogP contribution is 2.28. The van der Waals surface area contributed by atoms with Crippen LogP contribution in [-0.2, 0) is 11.4 Å². The number of carbonyl (C=O) groups is 1. The van der Waals surface area contributed by atoms with Crippen LogP contribution in [0.3, 0.4) is 0 Å². The second-order valence-corrected chi connectivity index (χ2v) is 7.25. The van der Waals surface area contributed by atoms with E-state index in [1.165, 1.54) is 6.08 Å². The van der Waals surface area contributed by atoms with Gasteiger partial charge in [0.25, 0.3) is 5.91 Å². The summed E-state index contributed by atoms with van der Waals surface area (Å²) in [5.74, 6) is 0.599. The van der Waals surface area contributed by atoms with Gasteiger partial charge in [0.05, 0.1) is 7.11 Å². The SMILES string of the molecule is COc1ccc(/C=C(\C#N)C(=O)Nc2ccc(C)cc2)c(OCc2ccc(Cl)cc2)c1. The van der Waals surface area contributed by atoms with Gasteiger partial charge in [-0.05, 0) is 55.0 Å². The molecule has 1 amide bonds. The highest BCUT2D eigenvalue weighted by Gasteiger charge is 2.12. The lowest BCUT2D eigenvalue weighted by Gasteiger charge is -2.12. The summed E-state index contributed by atoms with van der Waals surface area (Å²) in [5.41, 5.74) is 3.17. The Balaban J connectivity index is 1.83. The third-order valence-electron chi connectivity index (χ3n) is 4.50. The molecule has 0 aromatic heterocycles. The van der Waals surface area contributed by atoms with Gasteiger partial charge in [-0.1, -0.05) is 41.4 Å². The van der Waals surface area contributed by atoms with Crippen molar-refractivity contribution in [3.05, 3.63) is 94.0 Å². The molecule has 0 saturated heterocycles. The number of benzene rings is 3. The van der Waals surface area contributed by atoms with Crippen LogP contribution in [0.25, 0.3) is 6.08 Å². The molecule has 31 heavy (non-hydrogen) atoms. The van der Waals surface area contributed by atoms with Gasteiger partial charge in [0.2, 0.25) is 0 Å². The number of methoxy groups -OCH3 is 1. The molecular weight excluding hydrogens is 412 g/mol. The molecule has 0 atom stereocenters. The molecule has 156 valence electrons. The van der Waals surface area contributed by atoms with E-state index in [2.05, 4.69) is 5.32 Å². The topological polar surface area (TPSA) is 71.3 Å². The Morgan fingerprint density at radius 1 is 1.10 bits per heavy atom. The van der Waals surface area contributed by atoms with Gasteiger partial charge in [0.15, 0.2) is 0 Å². The molecule has 1 N–H and O–H groups in total. The predicted molar refractivity (Wildman–Crippen MR) is 122 cm³/mol. The summed E-state index contributed by atoms with van der Waals surface area (Å²) < 4.78 is 11.2. The minimum absolute atomic E-state index is 0.0397. The number of hydrogen-bond donors (Lipinski definition) is 1. The zero-order valence-corrected chi connectivity index (χ0v) is 17.9. The summed E-state index contributed by atoms with van der Waals surface area (Å²) in [6.07, 6.45) is 1.50. The zero-order valence-electron chi connectivity index (χ0n) is 17.2. The Morgan fingerprint density at radius 3 is 2.45 bits per heavy atom. The lowest BCUT2D eigenvalue weighted by molar-refractivity contribution is -0.112. The Morgan fingerprint density at radius 2 is 1.81 bits per heavy atom. The van der Waals surface area contributed by atoms with E-state index in [0.29, 0.717) is 34.4 Å². The largest absolute Gasteiger partial charge is 0.497 e. The molecule has 0 aliphatic heterocycles. The molecule has 3 aromatic rings. The van der Waals surface area contributed by atoms with Crippen LogP contribution in [0, 0.1) is 18.3 Å². The molecule has 5 nitrogen and oxygen atoms in total. The monoisotopic (exact) mass is 432 g/mol. The van der Waals surface area contributed by atoms with Crippen LogP contribution in [-0.4, -0.2) is 13.0 Å². The second-order valence-electron chi connectivity index (χ2n) is 6.81. The van der Waals surface area contributed by atoms with Gasteiger partial charge in [0, 0.05) is 22.3 Å². The summed E-state index contributed by atoms with van der Waals surface area (Å²) in [5, 5.41) is 12.9. The summed E-state index contributed by atoms with van der Waals surface area (Å²) in [6, 6.07) is 21.8. The average Bonchev–Trinajstić information content (AvgIpc) is 2.79. The molecule has 0 aliphatic carbocycles. The van der Waals surface area contributed by atoms with Gasteiger partial charge in [0.1, 0.15) is 29.7 Å². The third kappa shape index (κ3) is 6.11. The molecule has 0 radical (unpaired) electrons. The maximum Gasteiger partial charge on any atom is 0.266 e. The van der Waals surface area contributed by atoms with Crippen LogP contribution in [0.4, 0.5) is 5.69 Å². The first-order valence-corrected chi connectivity index (χ1v) is 9.91. The molecule has 0 bridgehead atoms. The molecule has 0 aliphatic rings. The van der Waals surface area contributed by atoms with Gasteiger partial charge in [-0.15, -0.1) is 0 Å². The number of amides is 1. The number of hydrogen-bond acceptors (Lipinski definition) is 4. The Bertz CT molecular complexity index is 1130. The van der Waals surface area contributed by atoms with Crippen LogP contribution < -0.4 is 14.8 Å². The van der Waals surface area contributed by atoms with Crippen LogP contribution in [0.2, 0.25) is 5.02 Å². The summed E-state index contributed by atoms with van der Waals surface area (Å²) in [4.78, 5) is 12.6. The van der Waals surface area contributed by atoms with Crippen molar-refractivity contribution < 1.29 is 14.3 Å². The number of anilines is 1. The fourth-order valence-electron chi connectivity index (χ4n) is 2.77. The van der Waals surface area contributed by atoms with E-state index < -0.39 is 5.91 Å². The number of rotatable bonds is 7. The highest BCUT2D eigenvalue weighted by molar-refractivity contribution is 6.30. The molecule has 3 rings (SSSR count). The Hall–Kier alpha value is -3.75. The first-order valence-electron chi connectivity index (χ1n) is 9.53. The molecule has 0 unspecified atom stereocenters. The minimum Gasteiger partial charge on any atom is -0.497 e. The number of nitrogens with one attached hydrogen (secondary N) is 1. The molecule has 3 aromatic carbocycles. The van der Waals surface area contributed by atoms with Crippen molar-refractivity contribution in [2.45, 2.75) is 13.5 Å². The Kier molecular flexibility index (Phi) is 7.31. The number of aryl methyl sites for hydroxylation is 1. The highest BCUT2D eigenvalue weighted by atomic mass is 35.5. The molecule has 0 fully saturated rings. The average molecular weight is 433 g/mol. The van der Waals surface area contributed by atoms with Crippen molar-refractivity contribution >= 4 is 29.3 Å². The Labute approximate surface area is 186 Å². The van der Waals surface area contributed by atoms with Crippen molar-refractivity contribution in [3.8, 4) is 17.6 Å². The van der Waals surface area contributed by atoms with E-state index in [1.54, 1.807) is 49.6 Å². The van der Waals surface area contributed by atoms with E-state index >= 15 is 0 Å². The fourth-order valence-corrected chi connectivity index (χ4v) is 2.89. The molecular formula is C25H21ClN2O3. The van der Waals surface area contributed by atoms with Crippen LogP contribution in [0.5, 0.6) is 11.5 Å². The summed E-state index contributed by atoms with van der Waals surface area (Å²) >= 11 is 5.93. The van der Waals surface area contributed by atoms with E-state index in [1.807, 2.05) is 37.3 Å². The van der Waals surface area contributed by atoms with Gasteiger partial charge < -0.3 is 14.8 Å². The smallest absolute Gasteiger partial charge is 0.266 e. The number of carbonyl (C=O) groups excluding carboxylic acids is 1. The van der Waals surface area contributed by atoms with E-state index in [9.17, 15) is 10.1 Å².